The van der Waals surface area contributed by atoms with Crippen molar-refractivity contribution in [1.82, 2.24) is 4.68 Å². The van der Waals surface area contributed by atoms with Crippen LogP contribution in [0.4, 0.5) is 0 Å². The average molecular weight is 198 g/mol. The molecule has 0 amide bonds. The fourth-order valence-corrected chi connectivity index (χ4v) is 1.19. The fraction of sp³-hybridized carbons (Fsp3) is 0.250. The van der Waals surface area contributed by atoms with E-state index < -0.39 is 11.9 Å². The molecule has 0 aromatic carbocycles. The van der Waals surface area contributed by atoms with E-state index in [0.29, 0.717) is 5.56 Å². The van der Waals surface area contributed by atoms with E-state index >= 15 is 0 Å². The maximum atomic E-state index is 11.2. The smallest absolute Gasteiger partial charge is 0.356 e. The number of hydrogen-bond acceptors (Lipinski definition) is 4. The van der Waals surface area contributed by atoms with E-state index in [1.54, 1.807) is 0 Å². The van der Waals surface area contributed by atoms with Crippen LogP contribution < -0.4 is 5.84 Å². The second-order valence-electron chi connectivity index (χ2n) is 2.72. The molecule has 1 aromatic heterocycles. The molecule has 0 saturated carbocycles. The number of rotatable bonds is 2. The van der Waals surface area contributed by atoms with Gasteiger partial charge in [0.2, 0.25) is 0 Å². The van der Waals surface area contributed by atoms with Gasteiger partial charge in [-0.2, -0.15) is 0 Å². The van der Waals surface area contributed by atoms with Crippen molar-refractivity contribution in [3.05, 3.63) is 23.0 Å². The molecule has 0 saturated heterocycles. The van der Waals surface area contributed by atoms with Crippen LogP contribution in [-0.4, -0.2) is 28.8 Å². The molecule has 1 heterocycles. The number of esters is 1. The predicted molar refractivity (Wildman–Crippen MR) is 47.6 cm³/mol. The Hall–Kier alpha value is -1.98. The molecule has 6 heteroatoms. The third-order valence-corrected chi connectivity index (χ3v) is 1.89. The molecule has 0 aliphatic carbocycles. The fourth-order valence-electron chi connectivity index (χ4n) is 1.19. The molecule has 3 N–H and O–H groups in total. The van der Waals surface area contributed by atoms with Crippen molar-refractivity contribution < 1.29 is 19.4 Å². The van der Waals surface area contributed by atoms with Crippen molar-refractivity contribution in [3.8, 4) is 0 Å². The number of hydrogen-bond donors (Lipinski definition) is 2. The van der Waals surface area contributed by atoms with Crippen LogP contribution in [0, 0.1) is 6.92 Å². The highest BCUT2D eigenvalue weighted by molar-refractivity contribution is 5.96. The highest BCUT2D eigenvalue weighted by Gasteiger charge is 2.21. The van der Waals surface area contributed by atoms with Gasteiger partial charge >= 0.3 is 11.9 Å². The van der Waals surface area contributed by atoms with Crippen molar-refractivity contribution in [2.45, 2.75) is 6.92 Å². The first-order valence-corrected chi connectivity index (χ1v) is 3.77. The standard InChI is InChI=1S/C8H10N2O4/c1-4-5(7(11)12)3-10(9)6(4)8(13)14-2/h3H,9H2,1-2H3,(H,11,12). The summed E-state index contributed by atoms with van der Waals surface area (Å²) in [5.74, 6) is 3.63. The maximum absolute atomic E-state index is 11.2. The largest absolute Gasteiger partial charge is 0.478 e. The molecule has 0 fully saturated rings. The monoisotopic (exact) mass is 198 g/mol. The van der Waals surface area contributed by atoms with Gasteiger partial charge in [0.1, 0.15) is 0 Å². The average Bonchev–Trinajstić information content (AvgIpc) is 2.41. The van der Waals surface area contributed by atoms with Crippen molar-refractivity contribution in [1.29, 1.82) is 0 Å². The number of aromatic carboxylic acids is 1. The molecular formula is C8H10N2O4. The van der Waals surface area contributed by atoms with Gasteiger partial charge in [0.15, 0.2) is 5.69 Å². The Labute approximate surface area is 79.9 Å². The summed E-state index contributed by atoms with van der Waals surface area (Å²) in [5, 5.41) is 8.74. The van der Waals surface area contributed by atoms with Crippen LogP contribution in [0.25, 0.3) is 0 Å². The quantitative estimate of drug-likeness (QED) is 0.515. The number of nitrogen functional groups attached to an aromatic ring is 1. The van der Waals surface area contributed by atoms with E-state index in [9.17, 15) is 9.59 Å². The second-order valence-corrected chi connectivity index (χ2v) is 2.72. The first-order valence-electron chi connectivity index (χ1n) is 3.77. The lowest BCUT2D eigenvalue weighted by Gasteiger charge is -2.01. The molecule has 0 atom stereocenters. The van der Waals surface area contributed by atoms with Crippen molar-refractivity contribution in [2.75, 3.05) is 13.0 Å². The van der Waals surface area contributed by atoms with Gasteiger partial charge < -0.3 is 15.7 Å². The molecule has 1 aromatic rings. The Morgan fingerprint density at radius 1 is 1.57 bits per heavy atom. The Balaban J connectivity index is 3.31. The summed E-state index contributed by atoms with van der Waals surface area (Å²) in [6.45, 7) is 1.50. The zero-order valence-electron chi connectivity index (χ0n) is 7.77. The number of methoxy groups -OCH3 is 1. The Bertz CT molecular complexity index is 394. The van der Waals surface area contributed by atoms with Crippen LogP contribution in [0.5, 0.6) is 0 Å². The third-order valence-electron chi connectivity index (χ3n) is 1.89. The van der Waals surface area contributed by atoms with Crippen LogP contribution in [-0.2, 0) is 4.74 Å². The molecule has 0 aliphatic rings. The number of ether oxygens (including phenoxy) is 1. The Morgan fingerprint density at radius 2 is 2.14 bits per heavy atom. The maximum Gasteiger partial charge on any atom is 0.356 e. The normalized spacial score (nSPS) is 9.86. The summed E-state index contributed by atoms with van der Waals surface area (Å²) in [5.41, 5.74) is 0.338. The SMILES string of the molecule is COC(=O)c1c(C)c(C(=O)O)cn1N. The Kier molecular flexibility index (Phi) is 2.46. The number of carbonyl (C=O) groups is 2. The van der Waals surface area contributed by atoms with Gasteiger partial charge in [-0.3, -0.25) is 4.68 Å². The zero-order chi connectivity index (χ0) is 10.9. The topological polar surface area (TPSA) is 94.5 Å². The molecule has 0 aliphatic heterocycles. The van der Waals surface area contributed by atoms with Crippen molar-refractivity contribution in [2.24, 2.45) is 0 Å². The first kappa shape index (κ1) is 10.1. The summed E-state index contributed by atoms with van der Waals surface area (Å²) >= 11 is 0. The van der Waals surface area contributed by atoms with E-state index in [1.807, 2.05) is 0 Å². The van der Waals surface area contributed by atoms with Gasteiger partial charge in [-0.15, -0.1) is 0 Å². The predicted octanol–water partition coefficient (Wildman–Crippen LogP) is -0.00488. The summed E-state index contributed by atoms with van der Waals surface area (Å²) in [6, 6.07) is 0. The summed E-state index contributed by atoms with van der Waals surface area (Å²) < 4.78 is 5.41. The number of nitrogens with zero attached hydrogens (tertiary/aromatic N) is 1. The number of aromatic nitrogens is 1. The summed E-state index contributed by atoms with van der Waals surface area (Å²) in [6.07, 6.45) is 1.17. The minimum atomic E-state index is -1.13. The number of carbonyl (C=O) groups excluding carboxylic acids is 1. The van der Waals surface area contributed by atoms with Gasteiger partial charge in [-0.05, 0) is 12.5 Å². The molecular weight excluding hydrogens is 188 g/mol. The van der Waals surface area contributed by atoms with E-state index in [4.69, 9.17) is 10.9 Å². The highest BCUT2D eigenvalue weighted by atomic mass is 16.5. The van der Waals surface area contributed by atoms with Gasteiger partial charge in [-0.25, -0.2) is 9.59 Å². The molecule has 14 heavy (non-hydrogen) atoms. The number of nitrogens with two attached hydrogens (primary N) is 1. The second kappa shape index (κ2) is 3.41. The molecule has 0 bridgehead atoms. The van der Waals surface area contributed by atoms with Crippen molar-refractivity contribution >= 4 is 11.9 Å². The molecule has 76 valence electrons. The minimum Gasteiger partial charge on any atom is -0.478 e. The summed E-state index contributed by atoms with van der Waals surface area (Å²) in [4.78, 5) is 21.9. The van der Waals surface area contributed by atoms with E-state index in [-0.39, 0.29) is 11.3 Å². The molecule has 0 unspecified atom stereocenters. The van der Waals surface area contributed by atoms with Crippen molar-refractivity contribution in [3.63, 3.8) is 0 Å². The van der Waals surface area contributed by atoms with E-state index in [1.165, 1.54) is 20.2 Å². The van der Waals surface area contributed by atoms with Crippen LogP contribution in [0.3, 0.4) is 0 Å². The Morgan fingerprint density at radius 3 is 2.50 bits per heavy atom. The third kappa shape index (κ3) is 1.41. The number of carboxylic acids is 1. The highest BCUT2D eigenvalue weighted by Crippen LogP contribution is 2.15. The van der Waals surface area contributed by atoms with Crippen LogP contribution in [0.2, 0.25) is 0 Å². The van der Waals surface area contributed by atoms with Crippen LogP contribution >= 0.6 is 0 Å². The van der Waals surface area contributed by atoms with E-state index in [0.717, 1.165) is 4.68 Å². The molecule has 1 rings (SSSR count). The van der Waals surface area contributed by atoms with E-state index in [2.05, 4.69) is 4.74 Å². The number of carboxylic acid groups (broad SMARTS) is 1. The lowest BCUT2D eigenvalue weighted by molar-refractivity contribution is 0.0590. The minimum absolute atomic E-state index is 0.00657. The zero-order valence-corrected chi connectivity index (χ0v) is 7.77. The lowest BCUT2D eigenvalue weighted by Crippen LogP contribution is -2.17. The molecule has 0 spiro atoms. The van der Waals surface area contributed by atoms with Gasteiger partial charge in [0, 0.05) is 6.20 Å². The molecule has 0 radical (unpaired) electrons. The first-order chi connectivity index (χ1) is 6.49. The van der Waals surface area contributed by atoms with Crippen LogP contribution in [0.15, 0.2) is 6.20 Å². The lowest BCUT2D eigenvalue weighted by atomic mass is 10.2. The van der Waals surface area contributed by atoms with Crippen LogP contribution in [0.1, 0.15) is 26.4 Å². The molecule has 6 nitrogen and oxygen atoms in total. The van der Waals surface area contributed by atoms with Gasteiger partial charge in [0.05, 0.1) is 12.7 Å². The van der Waals surface area contributed by atoms with Gasteiger partial charge in [-0.1, -0.05) is 0 Å². The summed E-state index contributed by atoms with van der Waals surface area (Å²) in [7, 11) is 1.20. The van der Waals surface area contributed by atoms with Gasteiger partial charge in [0.25, 0.3) is 0 Å².